The normalized spacial score (nSPS) is 13.3. The first kappa shape index (κ1) is 65.0. The van der Waals surface area contributed by atoms with Crippen LogP contribution >= 0.6 is 7.82 Å². The first-order valence-electron chi connectivity index (χ1n) is 28.8. The molecule has 0 aromatic heterocycles. The van der Waals surface area contributed by atoms with Crippen LogP contribution in [-0.2, 0) is 27.9 Å². The highest BCUT2D eigenvalue weighted by Gasteiger charge is 2.25. The molecule has 2 atom stereocenters. The Kier molecular flexibility index (Phi) is 54.1. The first-order valence-corrected chi connectivity index (χ1v) is 30.3. The van der Waals surface area contributed by atoms with E-state index in [0.29, 0.717) is 13.0 Å². The quantitative estimate of drug-likeness (QED) is 0.0268. The molecule has 0 aliphatic rings. The van der Waals surface area contributed by atoms with Gasteiger partial charge in [-0.15, -0.1) is 0 Å². The molecule has 8 nitrogen and oxygen atoms in total. The van der Waals surface area contributed by atoms with Gasteiger partial charge < -0.3 is 20.1 Å². The van der Waals surface area contributed by atoms with E-state index >= 15 is 0 Å². The number of rotatable bonds is 56. The van der Waals surface area contributed by atoms with Crippen molar-refractivity contribution in [2.24, 2.45) is 5.73 Å². The fraction of sp³-hybridized carbons (Fsp3) is 0.912. The van der Waals surface area contributed by atoms with Gasteiger partial charge in [0.25, 0.3) is 0 Å². The summed E-state index contributed by atoms with van der Waals surface area (Å²) in [4.78, 5) is 22.7. The van der Waals surface area contributed by atoms with E-state index in [1.54, 1.807) is 0 Å². The van der Waals surface area contributed by atoms with Crippen LogP contribution < -0.4 is 5.73 Å². The molecule has 0 fully saturated rings. The highest BCUT2D eigenvalue weighted by molar-refractivity contribution is 7.47. The minimum atomic E-state index is -4.28. The molecule has 0 aliphatic heterocycles. The van der Waals surface area contributed by atoms with Crippen LogP contribution in [0.15, 0.2) is 24.3 Å². The third kappa shape index (κ3) is 53.9. The Morgan fingerprint density at radius 1 is 0.455 bits per heavy atom. The van der Waals surface area contributed by atoms with E-state index in [0.717, 1.165) is 38.5 Å². The number of ether oxygens (including phenoxy) is 2. The van der Waals surface area contributed by atoms with Gasteiger partial charge in [0, 0.05) is 19.6 Å². The molecule has 392 valence electrons. The summed E-state index contributed by atoms with van der Waals surface area (Å²) in [5.41, 5.74) is 5.40. The van der Waals surface area contributed by atoms with Crippen molar-refractivity contribution < 1.29 is 32.8 Å². The third-order valence-electron chi connectivity index (χ3n) is 12.9. The van der Waals surface area contributed by atoms with Gasteiger partial charge in [0.15, 0.2) is 0 Å². The van der Waals surface area contributed by atoms with E-state index in [2.05, 4.69) is 38.2 Å². The summed E-state index contributed by atoms with van der Waals surface area (Å²) in [6.07, 6.45) is 65.2. The number of hydrogen-bond donors (Lipinski definition) is 2. The molecule has 0 aromatic carbocycles. The van der Waals surface area contributed by atoms with Gasteiger partial charge in [-0.2, -0.15) is 0 Å². The molecule has 0 bridgehead atoms. The molecule has 0 heterocycles. The number of esters is 1. The Balaban J connectivity index is 3.85. The number of nitrogens with two attached hydrogens (primary N) is 1. The Bertz CT molecular complexity index is 1070. The molecule has 9 heteroatoms. The van der Waals surface area contributed by atoms with Gasteiger partial charge in [0.2, 0.25) is 0 Å². The van der Waals surface area contributed by atoms with E-state index < -0.39 is 13.9 Å². The summed E-state index contributed by atoms with van der Waals surface area (Å²) in [5.74, 6) is -0.323. The van der Waals surface area contributed by atoms with Crippen molar-refractivity contribution in [1.29, 1.82) is 0 Å². The van der Waals surface area contributed by atoms with Gasteiger partial charge in [0.1, 0.15) is 6.10 Å². The standard InChI is InChI=1S/C57H112NO7P/c1-3-5-7-9-11-13-15-17-19-21-23-25-27-28-29-30-32-34-36-38-40-42-44-46-48-50-57(59)65-56(55-64-66(60,61)63-53-51-58)54-62-52-49-47-45-43-41-39-37-35-33-31-26-24-22-20-18-16-14-12-10-8-6-4-2/h16,18,22,24,56H,3-15,17,19-21,23,25-55,58H2,1-2H3,(H,60,61)/b18-16-,24-22-. The van der Waals surface area contributed by atoms with Gasteiger partial charge in [-0.25, -0.2) is 4.57 Å². The summed E-state index contributed by atoms with van der Waals surface area (Å²) in [7, 11) is -4.28. The van der Waals surface area contributed by atoms with E-state index in [9.17, 15) is 14.3 Å². The fourth-order valence-electron chi connectivity index (χ4n) is 8.62. The van der Waals surface area contributed by atoms with Gasteiger partial charge in [-0.3, -0.25) is 13.8 Å². The molecule has 0 saturated heterocycles. The van der Waals surface area contributed by atoms with E-state index in [-0.39, 0.29) is 32.3 Å². The number of phosphoric ester groups is 1. The Labute approximate surface area is 410 Å². The Morgan fingerprint density at radius 2 is 0.803 bits per heavy atom. The number of allylic oxidation sites excluding steroid dienone is 4. The van der Waals surface area contributed by atoms with Gasteiger partial charge in [-0.1, -0.05) is 269 Å². The lowest BCUT2D eigenvalue weighted by molar-refractivity contribution is -0.154. The smallest absolute Gasteiger partial charge is 0.457 e. The number of hydrogen-bond acceptors (Lipinski definition) is 7. The van der Waals surface area contributed by atoms with Crippen molar-refractivity contribution in [3.05, 3.63) is 24.3 Å². The maximum Gasteiger partial charge on any atom is 0.472 e. The molecule has 2 unspecified atom stereocenters. The maximum absolute atomic E-state index is 12.7. The number of carbonyl (C=O) groups is 1. The molecule has 0 spiro atoms. The predicted octanol–water partition coefficient (Wildman–Crippen LogP) is 18.3. The van der Waals surface area contributed by atoms with Crippen molar-refractivity contribution in [1.82, 2.24) is 0 Å². The SMILES string of the molecule is CCCCCCC/C=C\C/C=C\CCCCCCCCCCCCOCC(COP(=O)(O)OCCN)OC(=O)CCCCCCCCCCCCCCCCCCCCCCCCCCC. The lowest BCUT2D eigenvalue weighted by atomic mass is 10.0. The lowest BCUT2D eigenvalue weighted by Gasteiger charge is -2.20. The van der Waals surface area contributed by atoms with Crippen LogP contribution in [0.4, 0.5) is 0 Å². The van der Waals surface area contributed by atoms with Gasteiger partial charge in [0.05, 0.1) is 19.8 Å². The summed E-state index contributed by atoms with van der Waals surface area (Å²) in [6.45, 7) is 4.98. The molecule has 3 N–H and O–H groups in total. The Hall–Kier alpha value is -1.02. The summed E-state index contributed by atoms with van der Waals surface area (Å²) in [6, 6.07) is 0. The molecule has 0 aromatic rings. The largest absolute Gasteiger partial charge is 0.472 e. The number of phosphoric acid groups is 1. The van der Waals surface area contributed by atoms with Crippen molar-refractivity contribution in [2.75, 3.05) is 33.0 Å². The highest BCUT2D eigenvalue weighted by atomic mass is 31.2. The molecule has 0 rings (SSSR count). The van der Waals surface area contributed by atoms with Crippen LogP contribution in [0, 0.1) is 0 Å². The van der Waals surface area contributed by atoms with E-state index in [1.165, 1.54) is 238 Å². The fourth-order valence-corrected chi connectivity index (χ4v) is 9.39. The second kappa shape index (κ2) is 54.9. The maximum atomic E-state index is 12.7. The molecule has 0 saturated carbocycles. The van der Waals surface area contributed by atoms with Crippen LogP contribution in [0.25, 0.3) is 0 Å². The highest BCUT2D eigenvalue weighted by Crippen LogP contribution is 2.43. The van der Waals surface area contributed by atoms with E-state index in [1.807, 2.05) is 0 Å². The van der Waals surface area contributed by atoms with Crippen molar-refractivity contribution in [3.63, 3.8) is 0 Å². The predicted molar refractivity (Wildman–Crippen MR) is 284 cm³/mol. The topological polar surface area (TPSA) is 117 Å². The molecule has 0 aliphatic carbocycles. The molecule has 0 radical (unpaired) electrons. The average molecular weight is 954 g/mol. The molecule has 0 amide bonds. The third-order valence-corrected chi connectivity index (χ3v) is 13.9. The van der Waals surface area contributed by atoms with Crippen LogP contribution in [0.2, 0.25) is 0 Å². The average Bonchev–Trinajstić information content (AvgIpc) is 3.31. The summed E-state index contributed by atoms with van der Waals surface area (Å²) < 4.78 is 33.7. The molecular weight excluding hydrogens is 842 g/mol. The number of unbranched alkanes of at least 4 members (excludes halogenated alkanes) is 39. The monoisotopic (exact) mass is 954 g/mol. The van der Waals surface area contributed by atoms with Crippen LogP contribution in [0.3, 0.4) is 0 Å². The zero-order valence-corrected chi connectivity index (χ0v) is 44.9. The first-order chi connectivity index (χ1) is 32.4. The van der Waals surface area contributed by atoms with Crippen LogP contribution in [-0.4, -0.2) is 49.9 Å². The zero-order chi connectivity index (χ0) is 48.0. The van der Waals surface area contributed by atoms with Gasteiger partial charge >= 0.3 is 13.8 Å². The van der Waals surface area contributed by atoms with Gasteiger partial charge in [-0.05, 0) is 44.9 Å². The lowest BCUT2D eigenvalue weighted by Crippen LogP contribution is -2.28. The van der Waals surface area contributed by atoms with Crippen LogP contribution in [0.1, 0.15) is 296 Å². The minimum absolute atomic E-state index is 0.0933. The Morgan fingerprint density at radius 3 is 1.18 bits per heavy atom. The van der Waals surface area contributed by atoms with E-state index in [4.69, 9.17) is 24.3 Å². The van der Waals surface area contributed by atoms with Crippen LogP contribution in [0.5, 0.6) is 0 Å². The molecular formula is C57H112NO7P. The van der Waals surface area contributed by atoms with Crippen molar-refractivity contribution in [3.8, 4) is 0 Å². The second-order valence-corrected chi connectivity index (χ2v) is 21.0. The summed E-state index contributed by atoms with van der Waals surface area (Å²) >= 11 is 0. The molecule has 66 heavy (non-hydrogen) atoms. The minimum Gasteiger partial charge on any atom is -0.457 e. The van der Waals surface area contributed by atoms with Crippen molar-refractivity contribution >= 4 is 13.8 Å². The summed E-state index contributed by atoms with van der Waals surface area (Å²) in [5, 5.41) is 0. The van der Waals surface area contributed by atoms with Crippen molar-refractivity contribution in [2.45, 2.75) is 302 Å². The zero-order valence-electron chi connectivity index (χ0n) is 44.0. The number of carbonyl (C=O) groups excluding carboxylic acids is 1. The second-order valence-electron chi connectivity index (χ2n) is 19.5.